The minimum absolute atomic E-state index is 0.252. The van der Waals surface area contributed by atoms with Gasteiger partial charge in [0, 0.05) is 6.54 Å². The van der Waals surface area contributed by atoms with Crippen LogP contribution < -0.4 is 16.2 Å². The van der Waals surface area contributed by atoms with Crippen molar-refractivity contribution in [1.82, 2.24) is 26.1 Å². The first-order chi connectivity index (χ1) is 9.90. The third-order valence-electron chi connectivity index (χ3n) is 3.37. The first kappa shape index (κ1) is 14.8. The van der Waals surface area contributed by atoms with Crippen LogP contribution in [0.5, 0.6) is 0 Å². The fourth-order valence-corrected chi connectivity index (χ4v) is 2.34. The first-order valence-electron chi connectivity index (χ1n) is 6.24. The first-order valence-corrected chi connectivity index (χ1v) is 6.24. The number of hydrazine groups is 1. The topological polar surface area (TPSA) is 151 Å². The lowest BCUT2D eigenvalue weighted by Crippen LogP contribution is -2.55. The number of nitrogens with zero attached hydrogens (tertiary/aromatic N) is 2. The molecule has 2 unspecified atom stereocenters. The molecule has 0 aromatic heterocycles. The van der Waals surface area contributed by atoms with E-state index >= 15 is 0 Å². The minimum atomic E-state index is -1.36. The monoisotopic (exact) mass is 301 g/mol. The van der Waals surface area contributed by atoms with Crippen LogP contribution in [0.3, 0.4) is 0 Å². The zero-order chi connectivity index (χ0) is 15.6. The fourth-order valence-electron chi connectivity index (χ4n) is 2.34. The van der Waals surface area contributed by atoms with Crippen molar-refractivity contribution in [2.45, 2.75) is 24.9 Å². The maximum atomic E-state index is 11.9. The van der Waals surface area contributed by atoms with Crippen LogP contribution in [0.1, 0.15) is 12.8 Å². The molecule has 5 N–H and O–H groups in total. The van der Waals surface area contributed by atoms with Crippen molar-refractivity contribution in [2.24, 2.45) is 0 Å². The van der Waals surface area contributed by atoms with Gasteiger partial charge in [-0.3, -0.25) is 25.6 Å². The Bertz CT molecular complexity index is 483. The third kappa shape index (κ3) is 3.13. The Balaban J connectivity index is 1.82. The molecule has 2 aliphatic heterocycles. The van der Waals surface area contributed by atoms with Gasteiger partial charge in [-0.1, -0.05) is 0 Å². The van der Waals surface area contributed by atoms with Crippen LogP contribution in [0, 0.1) is 0 Å². The Labute approximate surface area is 118 Å². The molecular formula is C10H15N5O6. The summed E-state index contributed by atoms with van der Waals surface area (Å²) in [5.41, 5.74) is 4.17. The van der Waals surface area contributed by atoms with Crippen LogP contribution in [0.4, 0.5) is 9.59 Å². The van der Waals surface area contributed by atoms with Crippen LogP contribution in [-0.4, -0.2) is 69.4 Å². The summed E-state index contributed by atoms with van der Waals surface area (Å²) in [5.74, 6) is -1.34. The number of nitrogens with one attached hydrogen (secondary N) is 3. The normalized spacial score (nSPS) is 23.8. The average Bonchev–Trinajstić information content (AvgIpc) is 2.67. The number of carbonyl (C=O) groups is 4. The third-order valence-corrected chi connectivity index (χ3v) is 3.37. The van der Waals surface area contributed by atoms with E-state index in [1.807, 2.05) is 10.7 Å². The molecular weight excluding hydrogens is 286 g/mol. The molecule has 5 amide bonds. The summed E-state index contributed by atoms with van der Waals surface area (Å²) >= 11 is 0. The number of carboxylic acid groups (broad SMARTS) is 1. The molecule has 0 spiro atoms. The number of fused-ring (bicyclic) bond motifs is 2. The van der Waals surface area contributed by atoms with E-state index in [2.05, 4.69) is 5.43 Å². The number of rotatable bonds is 3. The molecule has 0 aromatic carbocycles. The summed E-state index contributed by atoms with van der Waals surface area (Å²) in [5, 5.41) is 20.3. The maximum Gasteiger partial charge on any atom is 0.405 e. The molecule has 2 atom stereocenters. The molecule has 2 aliphatic rings. The molecule has 21 heavy (non-hydrogen) atoms. The van der Waals surface area contributed by atoms with Crippen molar-refractivity contribution in [2.75, 3.05) is 13.1 Å². The number of carbonyl (C=O) groups excluding carboxylic acids is 3. The van der Waals surface area contributed by atoms with Gasteiger partial charge in [0.2, 0.25) is 0 Å². The van der Waals surface area contributed by atoms with Gasteiger partial charge in [0.1, 0.15) is 12.6 Å². The van der Waals surface area contributed by atoms with Gasteiger partial charge in [-0.2, -0.15) is 0 Å². The molecule has 0 radical (unpaired) electrons. The highest BCUT2D eigenvalue weighted by molar-refractivity contribution is 5.90. The highest BCUT2D eigenvalue weighted by atomic mass is 16.5. The summed E-state index contributed by atoms with van der Waals surface area (Å²) in [6.45, 7) is -0.253. The lowest BCUT2D eigenvalue weighted by Gasteiger charge is -2.29. The Morgan fingerprint density at radius 1 is 1.24 bits per heavy atom. The van der Waals surface area contributed by atoms with Gasteiger partial charge in [0.25, 0.3) is 11.8 Å². The largest absolute Gasteiger partial charge is 0.465 e. The molecule has 11 heteroatoms. The molecule has 2 heterocycles. The Morgan fingerprint density at radius 3 is 2.62 bits per heavy atom. The van der Waals surface area contributed by atoms with E-state index < -0.39 is 36.5 Å². The standard InChI is InChI=1S/C10H15N5O6/c16-7(3-11-9(18)19)12-13-8(17)6-2-1-5-4-14(6)10(20)15(5)21/h5-6,11,21H,1-4H2,(H,12,16)(H,13,17)(H,18,19). The zero-order valence-electron chi connectivity index (χ0n) is 10.9. The smallest absolute Gasteiger partial charge is 0.405 e. The SMILES string of the molecule is O=C(O)NCC(=O)NNC(=O)C1CCC2CN1C(=O)N2O. The second-order valence-corrected chi connectivity index (χ2v) is 4.72. The summed E-state index contributed by atoms with van der Waals surface area (Å²) in [4.78, 5) is 46.2. The number of hydroxylamine groups is 2. The van der Waals surface area contributed by atoms with Gasteiger partial charge in [-0.25, -0.2) is 14.7 Å². The number of urea groups is 1. The van der Waals surface area contributed by atoms with Crippen LogP contribution in [0.2, 0.25) is 0 Å². The lowest BCUT2D eigenvalue weighted by atomic mass is 10.0. The molecule has 116 valence electrons. The Kier molecular flexibility index (Phi) is 4.12. The Hall–Kier alpha value is -2.56. The fraction of sp³-hybridized carbons (Fsp3) is 0.600. The van der Waals surface area contributed by atoms with Gasteiger partial charge in [0.15, 0.2) is 0 Å². The quantitative estimate of drug-likeness (QED) is 0.302. The second-order valence-electron chi connectivity index (χ2n) is 4.72. The highest BCUT2D eigenvalue weighted by Gasteiger charge is 2.46. The van der Waals surface area contributed by atoms with Gasteiger partial charge >= 0.3 is 12.1 Å². The molecule has 0 saturated carbocycles. The van der Waals surface area contributed by atoms with Gasteiger partial charge in [-0.05, 0) is 12.8 Å². The predicted octanol–water partition coefficient (Wildman–Crippen LogP) is -1.94. The van der Waals surface area contributed by atoms with Crippen LogP contribution in [0.15, 0.2) is 0 Å². The number of piperidine rings is 1. The van der Waals surface area contributed by atoms with E-state index in [0.717, 1.165) is 0 Å². The number of amides is 5. The average molecular weight is 301 g/mol. The van der Waals surface area contributed by atoms with E-state index in [4.69, 9.17) is 5.11 Å². The van der Waals surface area contributed by atoms with Gasteiger partial charge < -0.3 is 15.3 Å². The molecule has 11 nitrogen and oxygen atoms in total. The summed E-state index contributed by atoms with van der Waals surface area (Å²) < 4.78 is 0. The zero-order valence-corrected chi connectivity index (χ0v) is 10.9. The van der Waals surface area contributed by atoms with E-state index in [9.17, 15) is 24.4 Å². The molecule has 2 fully saturated rings. The predicted molar refractivity (Wildman–Crippen MR) is 64.9 cm³/mol. The van der Waals surface area contributed by atoms with Crippen molar-refractivity contribution in [3.63, 3.8) is 0 Å². The number of hydrogen-bond donors (Lipinski definition) is 5. The van der Waals surface area contributed by atoms with E-state index in [1.165, 1.54) is 4.90 Å². The Morgan fingerprint density at radius 2 is 1.95 bits per heavy atom. The number of hydrogen-bond acceptors (Lipinski definition) is 5. The van der Waals surface area contributed by atoms with Crippen molar-refractivity contribution < 1.29 is 29.5 Å². The molecule has 2 rings (SSSR count). The summed E-state index contributed by atoms with van der Waals surface area (Å²) in [6.07, 6.45) is -0.519. The van der Waals surface area contributed by atoms with Gasteiger partial charge in [-0.15, -0.1) is 0 Å². The van der Waals surface area contributed by atoms with Gasteiger partial charge in [0.05, 0.1) is 6.04 Å². The van der Waals surface area contributed by atoms with Crippen molar-refractivity contribution in [3.8, 4) is 0 Å². The highest BCUT2D eigenvalue weighted by Crippen LogP contribution is 2.28. The summed E-state index contributed by atoms with van der Waals surface area (Å²) in [6, 6.07) is -1.73. The van der Waals surface area contributed by atoms with Crippen LogP contribution >= 0.6 is 0 Å². The van der Waals surface area contributed by atoms with E-state index in [0.29, 0.717) is 17.9 Å². The molecule has 2 bridgehead atoms. The minimum Gasteiger partial charge on any atom is -0.465 e. The molecule has 2 saturated heterocycles. The van der Waals surface area contributed by atoms with E-state index in [1.54, 1.807) is 0 Å². The van der Waals surface area contributed by atoms with Crippen molar-refractivity contribution in [1.29, 1.82) is 0 Å². The molecule has 0 aromatic rings. The van der Waals surface area contributed by atoms with E-state index in [-0.39, 0.29) is 12.6 Å². The van der Waals surface area contributed by atoms with Crippen molar-refractivity contribution >= 4 is 23.9 Å². The van der Waals surface area contributed by atoms with Crippen molar-refractivity contribution in [3.05, 3.63) is 0 Å². The lowest BCUT2D eigenvalue weighted by molar-refractivity contribution is -0.131. The van der Waals surface area contributed by atoms with Crippen LogP contribution in [0.25, 0.3) is 0 Å². The summed E-state index contributed by atoms with van der Waals surface area (Å²) in [7, 11) is 0. The molecule has 0 aliphatic carbocycles. The van der Waals surface area contributed by atoms with Crippen LogP contribution in [-0.2, 0) is 9.59 Å². The second kappa shape index (κ2) is 5.83. The maximum absolute atomic E-state index is 11.9.